The van der Waals surface area contributed by atoms with Crippen LogP contribution in [-0.2, 0) is 22.4 Å². The van der Waals surface area contributed by atoms with Gasteiger partial charge >= 0.3 is 5.97 Å². The van der Waals surface area contributed by atoms with E-state index in [1.807, 2.05) is 11.3 Å². The molecular weight excluding hydrogens is 388 g/mol. The predicted molar refractivity (Wildman–Crippen MR) is 116 cm³/mol. The van der Waals surface area contributed by atoms with E-state index in [1.165, 1.54) is 53.3 Å². The summed E-state index contributed by atoms with van der Waals surface area (Å²) in [7, 11) is 0. The Balaban J connectivity index is 1.48. The lowest BCUT2D eigenvalue weighted by atomic mass is 9.72. The van der Waals surface area contributed by atoms with E-state index in [0.717, 1.165) is 35.5 Å². The van der Waals surface area contributed by atoms with Gasteiger partial charge in [-0.1, -0.05) is 39.0 Å². The van der Waals surface area contributed by atoms with Gasteiger partial charge in [-0.3, -0.25) is 4.79 Å². The molecule has 0 bridgehead atoms. The summed E-state index contributed by atoms with van der Waals surface area (Å²) in [6.07, 6.45) is 10.8. The van der Waals surface area contributed by atoms with Crippen molar-refractivity contribution < 1.29 is 9.53 Å². The lowest BCUT2D eigenvalue weighted by Crippen LogP contribution is -2.26. The van der Waals surface area contributed by atoms with Crippen molar-refractivity contribution in [3.63, 3.8) is 0 Å². The van der Waals surface area contributed by atoms with Crippen LogP contribution in [0.3, 0.4) is 0 Å². The molecule has 0 aromatic carbocycles. The molecule has 0 N–H and O–H groups in total. The molecule has 4 nitrogen and oxygen atoms in total. The molecule has 4 rings (SSSR count). The molecule has 28 heavy (non-hydrogen) atoms. The summed E-state index contributed by atoms with van der Waals surface area (Å²) in [5.41, 5.74) is 1.75. The molecule has 1 fully saturated rings. The minimum absolute atomic E-state index is 0.111. The average molecular weight is 419 g/mol. The number of ether oxygens (including phenoxy) is 1. The highest BCUT2D eigenvalue weighted by molar-refractivity contribution is 8.00. The minimum Gasteiger partial charge on any atom is -0.462 e. The van der Waals surface area contributed by atoms with Gasteiger partial charge in [-0.2, -0.15) is 0 Å². The smallest absolute Gasteiger partial charge is 0.316 e. The van der Waals surface area contributed by atoms with Gasteiger partial charge in [0.15, 0.2) is 0 Å². The van der Waals surface area contributed by atoms with Gasteiger partial charge in [0.25, 0.3) is 0 Å². The van der Waals surface area contributed by atoms with E-state index in [-0.39, 0.29) is 12.1 Å². The van der Waals surface area contributed by atoms with Crippen LogP contribution in [0, 0.1) is 11.3 Å². The number of hydrogen-bond donors (Lipinski definition) is 0. The molecule has 152 valence electrons. The molecule has 0 saturated heterocycles. The standard InChI is InChI=1S/C22H30N2O2S2/c1-22(2,3)14-9-10-16-17(11-14)28-21-19(16)20(23-13-24-21)27-12-18(25)26-15-7-5-4-6-8-15/h13-15H,4-12H2,1-3H3/t14-/m0/s1. The second-order valence-corrected chi connectivity index (χ2v) is 11.3. The van der Waals surface area contributed by atoms with Crippen molar-refractivity contribution in [1.82, 2.24) is 9.97 Å². The quantitative estimate of drug-likeness (QED) is 0.356. The number of carbonyl (C=O) groups excluding carboxylic acids is 1. The predicted octanol–water partition coefficient (Wildman–Crippen LogP) is 5.81. The maximum atomic E-state index is 12.3. The molecule has 2 aromatic rings. The van der Waals surface area contributed by atoms with Gasteiger partial charge in [-0.15, -0.1) is 11.3 Å². The number of carbonyl (C=O) groups is 1. The SMILES string of the molecule is CC(C)(C)[C@H]1CCc2c(sc3ncnc(SCC(=O)OC4CCCCC4)c23)C1. The van der Waals surface area contributed by atoms with Crippen LogP contribution < -0.4 is 0 Å². The van der Waals surface area contributed by atoms with Gasteiger partial charge in [-0.25, -0.2) is 9.97 Å². The van der Waals surface area contributed by atoms with E-state index < -0.39 is 0 Å². The number of nitrogens with zero attached hydrogens (tertiary/aromatic N) is 2. The Morgan fingerprint density at radius 3 is 2.75 bits per heavy atom. The Bertz CT molecular complexity index is 850. The van der Waals surface area contributed by atoms with Crippen molar-refractivity contribution in [3.05, 3.63) is 16.8 Å². The maximum Gasteiger partial charge on any atom is 0.316 e. The van der Waals surface area contributed by atoms with E-state index in [4.69, 9.17) is 4.74 Å². The second kappa shape index (κ2) is 8.31. The van der Waals surface area contributed by atoms with Crippen LogP contribution in [0.4, 0.5) is 0 Å². The van der Waals surface area contributed by atoms with Crippen LogP contribution in [0.15, 0.2) is 11.4 Å². The van der Waals surface area contributed by atoms with Crippen molar-refractivity contribution in [2.45, 2.75) is 83.3 Å². The molecule has 2 aromatic heterocycles. The maximum absolute atomic E-state index is 12.3. The van der Waals surface area contributed by atoms with Crippen LogP contribution in [0.5, 0.6) is 0 Å². The summed E-state index contributed by atoms with van der Waals surface area (Å²) in [4.78, 5) is 23.9. The lowest BCUT2D eigenvalue weighted by molar-refractivity contribution is -0.147. The molecule has 1 atom stereocenters. The van der Waals surface area contributed by atoms with E-state index in [9.17, 15) is 4.79 Å². The second-order valence-electron chi connectivity index (χ2n) is 9.21. The van der Waals surface area contributed by atoms with E-state index in [0.29, 0.717) is 17.1 Å². The molecule has 2 aliphatic carbocycles. The van der Waals surface area contributed by atoms with Gasteiger partial charge in [0.05, 0.1) is 5.75 Å². The molecule has 0 radical (unpaired) electrons. The molecule has 2 heterocycles. The number of aryl methyl sites for hydroxylation is 1. The Hall–Kier alpha value is -1.14. The molecule has 0 aliphatic heterocycles. The third-order valence-electron chi connectivity index (χ3n) is 6.21. The molecule has 2 aliphatic rings. The van der Waals surface area contributed by atoms with Crippen molar-refractivity contribution in [2.24, 2.45) is 11.3 Å². The zero-order valence-electron chi connectivity index (χ0n) is 17.1. The summed E-state index contributed by atoms with van der Waals surface area (Å²) in [6.45, 7) is 7.03. The Labute approximate surface area is 175 Å². The van der Waals surface area contributed by atoms with Crippen LogP contribution in [0.25, 0.3) is 10.2 Å². The monoisotopic (exact) mass is 418 g/mol. The average Bonchev–Trinajstić information content (AvgIpc) is 3.05. The van der Waals surface area contributed by atoms with Crippen molar-refractivity contribution >= 4 is 39.3 Å². The number of esters is 1. The third kappa shape index (κ3) is 4.38. The molecule has 0 amide bonds. The van der Waals surface area contributed by atoms with Crippen LogP contribution in [0.2, 0.25) is 0 Å². The number of rotatable bonds is 4. The van der Waals surface area contributed by atoms with Crippen molar-refractivity contribution in [2.75, 3.05) is 5.75 Å². The topological polar surface area (TPSA) is 52.1 Å². The fourth-order valence-corrected chi connectivity index (χ4v) is 6.60. The summed E-state index contributed by atoms with van der Waals surface area (Å²) < 4.78 is 5.67. The number of thioether (sulfide) groups is 1. The Morgan fingerprint density at radius 2 is 2.00 bits per heavy atom. The summed E-state index contributed by atoms with van der Waals surface area (Å²) in [5.74, 6) is 0.931. The fraction of sp³-hybridized carbons (Fsp3) is 0.682. The van der Waals surface area contributed by atoms with Gasteiger partial charge in [0.2, 0.25) is 0 Å². The van der Waals surface area contributed by atoms with Crippen molar-refractivity contribution in [3.8, 4) is 0 Å². The van der Waals surface area contributed by atoms with Gasteiger partial charge in [0.1, 0.15) is 22.3 Å². The zero-order valence-corrected chi connectivity index (χ0v) is 18.8. The largest absolute Gasteiger partial charge is 0.462 e. The number of thiophene rings is 1. The first-order chi connectivity index (χ1) is 13.4. The van der Waals surface area contributed by atoms with Crippen LogP contribution in [-0.4, -0.2) is 27.8 Å². The fourth-order valence-electron chi connectivity index (χ4n) is 4.46. The van der Waals surface area contributed by atoms with E-state index >= 15 is 0 Å². The zero-order chi connectivity index (χ0) is 19.7. The number of hydrogen-bond acceptors (Lipinski definition) is 6. The molecule has 1 saturated carbocycles. The third-order valence-corrected chi connectivity index (χ3v) is 8.34. The summed E-state index contributed by atoms with van der Waals surface area (Å²) in [6, 6.07) is 0. The summed E-state index contributed by atoms with van der Waals surface area (Å²) in [5, 5.41) is 2.13. The lowest BCUT2D eigenvalue weighted by Gasteiger charge is -2.33. The number of fused-ring (bicyclic) bond motifs is 3. The highest BCUT2D eigenvalue weighted by Crippen LogP contribution is 2.44. The van der Waals surface area contributed by atoms with Crippen LogP contribution >= 0.6 is 23.1 Å². The van der Waals surface area contributed by atoms with Crippen LogP contribution in [0.1, 0.15) is 69.7 Å². The highest BCUT2D eigenvalue weighted by Gasteiger charge is 2.31. The molecule has 6 heteroatoms. The molecule has 0 spiro atoms. The van der Waals surface area contributed by atoms with Gasteiger partial charge < -0.3 is 4.74 Å². The van der Waals surface area contributed by atoms with Gasteiger partial charge in [-0.05, 0) is 61.8 Å². The molecule has 0 unspecified atom stereocenters. The highest BCUT2D eigenvalue weighted by atomic mass is 32.2. The molecular formula is C22H30N2O2S2. The first-order valence-electron chi connectivity index (χ1n) is 10.5. The van der Waals surface area contributed by atoms with E-state index in [2.05, 4.69) is 30.7 Å². The Kier molecular flexibility index (Phi) is 5.98. The van der Waals surface area contributed by atoms with Gasteiger partial charge in [0, 0.05) is 10.3 Å². The first-order valence-corrected chi connectivity index (χ1v) is 12.3. The Morgan fingerprint density at radius 1 is 1.21 bits per heavy atom. The normalized spacial score (nSPS) is 20.9. The van der Waals surface area contributed by atoms with Crippen molar-refractivity contribution in [1.29, 1.82) is 0 Å². The minimum atomic E-state index is -0.111. The summed E-state index contributed by atoms with van der Waals surface area (Å²) >= 11 is 3.33. The number of aromatic nitrogens is 2. The van der Waals surface area contributed by atoms with E-state index in [1.54, 1.807) is 6.33 Å². The first kappa shape index (κ1) is 20.1.